The second-order valence-corrected chi connectivity index (χ2v) is 6.21. The molecule has 0 aliphatic heterocycles. The van der Waals surface area contributed by atoms with Gasteiger partial charge in [-0.2, -0.15) is 50.5 Å². The zero-order valence-electron chi connectivity index (χ0n) is 12.8. The molecule has 0 radical (unpaired) electrons. The zero-order valence-corrected chi connectivity index (χ0v) is 16.4. The first-order valence-corrected chi connectivity index (χ1v) is 9.71. The minimum absolute atomic E-state index is 0.413. The molecule has 0 atom stereocenters. The monoisotopic (exact) mass is 398 g/mol. The molecular formula is C17H18O3S4. The molecule has 0 spiro atoms. The van der Waals surface area contributed by atoms with Crippen molar-refractivity contribution in [3.8, 4) is 11.5 Å². The molecule has 0 saturated heterocycles. The minimum atomic E-state index is -0.789. The van der Waals surface area contributed by atoms with E-state index in [1.807, 2.05) is 12.1 Å². The maximum atomic E-state index is 12.0. The molecule has 7 heteroatoms. The van der Waals surface area contributed by atoms with Crippen molar-refractivity contribution < 1.29 is 14.3 Å². The summed E-state index contributed by atoms with van der Waals surface area (Å²) in [6.07, 6.45) is -0.789. The Hall–Kier alpha value is -0.890. The maximum Gasteiger partial charge on any atom is 0.519 e. The van der Waals surface area contributed by atoms with Crippen molar-refractivity contribution >= 4 is 56.7 Å². The summed E-state index contributed by atoms with van der Waals surface area (Å²) in [6.45, 7) is 0. The van der Waals surface area contributed by atoms with Gasteiger partial charge in [-0.25, -0.2) is 4.79 Å². The van der Waals surface area contributed by atoms with Crippen LogP contribution in [0, 0.1) is 0 Å². The van der Waals surface area contributed by atoms with Gasteiger partial charge in [-0.15, -0.1) is 0 Å². The van der Waals surface area contributed by atoms with E-state index >= 15 is 0 Å². The molecule has 0 aliphatic carbocycles. The highest BCUT2D eigenvalue weighted by molar-refractivity contribution is 7.80. The smallest absolute Gasteiger partial charge is 0.395 e. The lowest BCUT2D eigenvalue weighted by atomic mass is 10.1. The molecule has 2 aromatic rings. The molecule has 0 unspecified atom stereocenters. The summed E-state index contributed by atoms with van der Waals surface area (Å²) in [5.74, 6) is 3.11. The van der Waals surface area contributed by atoms with Crippen LogP contribution in [0.3, 0.4) is 0 Å². The quantitative estimate of drug-likeness (QED) is 0.315. The third-order valence-electron chi connectivity index (χ3n) is 3.44. The maximum absolute atomic E-state index is 12.0. The number of hydrogen-bond donors (Lipinski definition) is 4. The van der Waals surface area contributed by atoms with Gasteiger partial charge in [0.05, 0.1) is 0 Å². The fraction of sp³-hybridized carbons (Fsp3) is 0.235. The summed E-state index contributed by atoms with van der Waals surface area (Å²) in [5.41, 5.74) is 4.04. The standard InChI is InChI=1S/C17H18O3S4/c18-17(19-15-3-1-11(7-21)13(5-15)9-23)20-16-4-2-12(8-22)14(6-16)10-24/h1-6,21-24H,7-10H2. The van der Waals surface area contributed by atoms with E-state index in [0.29, 0.717) is 34.5 Å². The average molecular weight is 399 g/mol. The van der Waals surface area contributed by atoms with E-state index in [2.05, 4.69) is 50.5 Å². The van der Waals surface area contributed by atoms with Crippen molar-refractivity contribution in [2.24, 2.45) is 0 Å². The van der Waals surface area contributed by atoms with Crippen molar-refractivity contribution in [1.82, 2.24) is 0 Å². The van der Waals surface area contributed by atoms with Gasteiger partial charge in [-0.3, -0.25) is 0 Å². The predicted molar refractivity (Wildman–Crippen MR) is 110 cm³/mol. The van der Waals surface area contributed by atoms with E-state index in [0.717, 1.165) is 22.3 Å². The SMILES string of the molecule is O=C(Oc1ccc(CS)c(CS)c1)Oc1ccc(CS)c(CS)c1. The van der Waals surface area contributed by atoms with Gasteiger partial charge >= 0.3 is 6.16 Å². The van der Waals surface area contributed by atoms with Gasteiger partial charge in [0.15, 0.2) is 0 Å². The fourth-order valence-electron chi connectivity index (χ4n) is 2.15. The molecule has 0 aromatic heterocycles. The van der Waals surface area contributed by atoms with Crippen LogP contribution in [-0.4, -0.2) is 6.16 Å². The normalized spacial score (nSPS) is 10.5. The van der Waals surface area contributed by atoms with Crippen LogP contribution in [0.1, 0.15) is 22.3 Å². The second kappa shape index (κ2) is 9.56. The van der Waals surface area contributed by atoms with Crippen LogP contribution in [0.2, 0.25) is 0 Å². The van der Waals surface area contributed by atoms with Crippen LogP contribution < -0.4 is 9.47 Å². The molecule has 3 nitrogen and oxygen atoms in total. The van der Waals surface area contributed by atoms with Crippen molar-refractivity contribution in [3.05, 3.63) is 58.7 Å². The lowest BCUT2D eigenvalue weighted by Crippen LogP contribution is -2.14. The van der Waals surface area contributed by atoms with Crippen LogP contribution in [0.5, 0.6) is 11.5 Å². The Labute approximate surface area is 163 Å². The highest BCUT2D eigenvalue weighted by Gasteiger charge is 2.11. The fourth-order valence-corrected chi connectivity index (χ4v) is 3.35. The molecule has 0 bridgehead atoms. The molecule has 0 amide bonds. The van der Waals surface area contributed by atoms with Gasteiger partial charge in [0.25, 0.3) is 0 Å². The minimum Gasteiger partial charge on any atom is -0.395 e. The summed E-state index contributed by atoms with van der Waals surface area (Å²) < 4.78 is 10.5. The highest BCUT2D eigenvalue weighted by atomic mass is 32.1. The third kappa shape index (κ3) is 5.05. The summed E-state index contributed by atoms with van der Waals surface area (Å²) in [4.78, 5) is 12.0. The van der Waals surface area contributed by atoms with E-state index in [-0.39, 0.29) is 0 Å². The van der Waals surface area contributed by atoms with Gasteiger partial charge in [0.2, 0.25) is 0 Å². The van der Waals surface area contributed by atoms with Gasteiger partial charge in [0.1, 0.15) is 11.5 Å². The summed E-state index contributed by atoms with van der Waals surface area (Å²) in [6, 6.07) is 10.7. The average Bonchev–Trinajstić information content (AvgIpc) is 2.61. The van der Waals surface area contributed by atoms with Gasteiger partial charge < -0.3 is 9.47 Å². The predicted octanol–water partition coefficient (Wildman–Crippen LogP) is 4.98. The molecular weight excluding hydrogens is 380 g/mol. The molecule has 2 aromatic carbocycles. The van der Waals surface area contributed by atoms with Crippen molar-refractivity contribution in [2.45, 2.75) is 23.0 Å². The van der Waals surface area contributed by atoms with Crippen molar-refractivity contribution in [3.63, 3.8) is 0 Å². The lowest BCUT2D eigenvalue weighted by Gasteiger charge is -2.11. The first-order chi connectivity index (χ1) is 11.6. The Bertz CT molecular complexity index is 659. The first kappa shape index (κ1) is 19.4. The Kier molecular flexibility index (Phi) is 7.74. The number of rotatable bonds is 6. The van der Waals surface area contributed by atoms with Crippen LogP contribution in [0.25, 0.3) is 0 Å². The Morgan fingerprint density at radius 2 is 1.04 bits per heavy atom. The number of carbonyl (C=O) groups excluding carboxylic acids is 1. The molecule has 0 N–H and O–H groups in total. The molecule has 24 heavy (non-hydrogen) atoms. The topological polar surface area (TPSA) is 35.5 Å². The number of hydrogen-bond acceptors (Lipinski definition) is 7. The van der Waals surface area contributed by atoms with E-state index < -0.39 is 6.16 Å². The summed E-state index contributed by atoms with van der Waals surface area (Å²) in [5, 5.41) is 0. The van der Waals surface area contributed by atoms with Gasteiger partial charge in [-0.05, 0) is 46.5 Å². The van der Waals surface area contributed by atoms with Crippen molar-refractivity contribution in [1.29, 1.82) is 0 Å². The van der Waals surface area contributed by atoms with E-state index in [1.165, 1.54) is 0 Å². The molecule has 0 heterocycles. The Morgan fingerprint density at radius 1 is 0.667 bits per heavy atom. The molecule has 0 fully saturated rings. The van der Waals surface area contributed by atoms with E-state index in [1.54, 1.807) is 24.3 Å². The van der Waals surface area contributed by atoms with Crippen LogP contribution in [0.15, 0.2) is 36.4 Å². The van der Waals surface area contributed by atoms with Crippen LogP contribution >= 0.6 is 50.5 Å². The lowest BCUT2D eigenvalue weighted by molar-refractivity contribution is 0.152. The highest BCUT2D eigenvalue weighted by Crippen LogP contribution is 2.23. The summed E-state index contributed by atoms with van der Waals surface area (Å²) in [7, 11) is 0. The number of ether oxygens (including phenoxy) is 2. The van der Waals surface area contributed by atoms with Crippen LogP contribution in [0.4, 0.5) is 4.79 Å². The number of thiol groups is 4. The number of carbonyl (C=O) groups is 1. The van der Waals surface area contributed by atoms with Crippen molar-refractivity contribution in [2.75, 3.05) is 0 Å². The largest absolute Gasteiger partial charge is 0.519 e. The third-order valence-corrected chi connectivity index (χ3v) is 4.80. The molecule has 2 rings (SSSR count). The molecule has 0 saturated carbocycles. The van der Waals surface area contributed by atoms with Gasteiger partial charge in [0, 0.05) is 23.0 Å². The van der Waals surface area contributed by atoms with E-state index in [9.17, 15) is 4.79 Å². The molecule has 128 valence electrons. The van der Waals surface area contributed by atoms with E-state index in [4.69, 9.17) is 9.47 Å². The number of benzene rings is 2. The zero-order chi connectivity index (χ0) is 17.5. The first-order valence-electron chi connectivity index (χ1n) is 7.18. The van der Waals surface area contributed by atoms with Crippen LogP contribution in [-0.2, 0) is 23.0 Å². The van der Waals surface area contributed by atoms with Gasteiger partial charge in [-0.1, -0.05) is 12.1 Å². The second-order valence-electron chi connectivity index (χ2n) is 4.95. The Morgan fingerprint density at radius 3 is 1.38 bits per heavy atom. The molecule has 0 aliphatic rings. The summed E-state index contributed by atoms with van der Waals surface area (Å²) >= 11 is 17.1. The Balaban J connectivity index is 2.08.